The normalized spacial score (nSPS) is 52.6. The Hall–Kier alpha value is -0.0951. The maximum atomic E-state index is 9.38. The molecule has 0 aromatic rings. The molecule has 16 heavy (non-hydrogen) atoms. The van der Waals surface area contributed by atoms with Crippen LogP contribution in [0.3, 0.4) is 0 Å². The molecule has 1 aliphatic carbocycles. The topological polar surface area (TPSA) is 51.2 Å². The lowest BCUT2D eigenvalue weighted by Gasteiger charge is -2.43. The summed E-state index contributed by atoms with van der Waals surface area (Å²) in [5.74, 6) is 1.12. The van der Waals surface area contributed by atoms with Gasteiger partial charge in [-0.2, -0.15) is 0 Å². The molecule has 7 unspecified atom stereocenters. The van der Waals surface area contributed by atoms with Gasteiger partial charge in [0, 0.05) is 14.2 Å². The minimum atomic E-state index is -0.573. The van der Waals surface area contributed by atoms with Gasteiger partial charge in [-0.25, -0.2) is 0 Å². The summed E-state index contributed by atoms with van der Waals surface area (Å²) in [4.78, 5) is 0. The maximum Gasteiger partial charge on any atom is 0.182 e. The Balaban J connectivity index is 2.09. The van der Waals surface area contributed by atoms with E-state index in [2.05, 4.69) is 14.8 Å². The molecule has 2 fully saturated rings. The third-order valence-electron chi connectivity index (χ3n) is 4.30. The highest BCUT2D eigenvalue weighted by molar-refractivity contribution is 6.12. The number of hydrogen-bond donors (Lipinski definition) is 1. The van der Waals surface area contributed by atoms with Crippen LogP contribution in [-0.4, -0.2) is 51.8 Å². The summed E-state index contributed by atoms with van der Waals surface area (Å²) < 4.78 is 16.3. The smallest absolute Gasteiger partial charge is 0.182 e. The van der Waals surface area contributed by atoms with Crippen LogP contribution in [0.2, 0.25) is 5.82 Å². The summed E-state index contributed by atoms with van der Waals surface area (Å²) in [6.45, 7) is 2.18. The monoisotopic (exact) mass is 228 g/mol. The van der Waals surface area contributed by atoms with Gasteiger partial charge in [0.05, 0.1) is 12.2 Å². The Bertz CT molecular complexity index is 250. The fourth-order valence-electron chi connectivity index (χ4n) is 3.23. The molecule has 0 spiro atoms. The Morgan fingerprint density at radius 1 is 1.31 bits per heavy atom. The molecule has 4 nitrogen and oxygen atoms in total. The van der Waals surface area contributed by atoms with Crippen LogP contribution in [0.5, 0.6) is 0 Å². The van der Waals surface area contributed by atoms with Crippen molar-refractivity contribution in [3.63, 3.8) is 0 Å². The Morgan fingerprint density at radius 3 is 2.38 bits per heavy atom. The average molecular weight is 228 g/mol. The number of ether oxygens (including phenoxy) is 3. The van der Waals surface area contributed by atoms with Gasteiger partial charge >= 0.3 is 0 Å². The molecule has 0 aromatic carbocycles. The predicted molar refractivity (Wildman–Crippen MR) is 62.0 cm³/mol. The van der Waals surface area contributed by atoms with Crippen LogP contribution in [0.1, 0.15) is 13.3 Å². The van der Waals surface area contributed by atoms with Crippen molar-refractivity contribution < 1.29 is 19.3 Å². The second-order valence-electron chi connectivity index (χ2n) is 5.08. The first-order chi connectivity index (χ1) is 7.60. The van der Waals surface area contributed by atoms with Crippen LogP contribution >= 0.6 is 0 Å². The van der Waals surface area contributed by atoms with E-state index in [1.807, 2.05) is 0 Å². The van der Waals surface area contributed by atoms with Crippen LogP contribution in [-0.2, 0) is 14.2 Å². The lowest BCUT2D eigenvalue weighted by atomic mass is 9.62. The molecule has 2 rings (SSSR count). The van der Waals surface area contributed by atoms with Gasteiger partial charge in [0.2, 0.25) is 0 Å². The van der Waals surface area contributed by atoms with Crippen molar-refractivity contribution in [2.75, 3.05) is 14.2 Å². The Labute approximate surface area is 97.7 Å². The molecule has 7 atom stereocenters. The van der Waals surface area contributed by atoms with Gasteiger partial charge in [0.1, 0.15) is 14.0 Å². The molecule has 1 saturated carbocycles. The number of aliphatic hydroxyl groups excluding tert-OH is 1. The van der Waals surface area contributed by atoms with Gasteiger partial charge in [-0.15, -0.1) is 0 Å². The van der Waals surface area contributed by atoms with E-state index in [4.69, 9.17) is 14.2 Å². The van der Waals surface area contributed by atoms with E-state index >= 15 is 0 Å². The zero-order valence-electron chi connectivity index (χ0n) is 10.4. The molecular weight excluding hydrogens is 207 g/mol. The lowest BCUT2D eigenvalue weighted by Crippen LogP contribution is -2.46. The highest BCUT2D eigenvalue weighted by Gasteiger charge is 2.52. The molecule has 2 aliphatic rings. The lowest BCUT2D eigenvalue weighted by molar-refractivity contribution is -0.0658. The zero-order chi connectivity index (χ0) is 11.9. The minimum Gasteiger partial charge on any atom is -0.382 e. The summed E-state index contributed by atoms with van der Waals surface area (Å²) >= 11 is 0. The fourth-order valence-corrected chi connectivity index (χ4v) is 3.23. The van der Waals surface area contributed by atoms with Crippen molar-refractivity contribution in [2.45, 2.75) is 43.8 Å². The molecule has 5 heteroatoms. The van der Waals surface area contributed by atoms with Crippen LogP contribution < -0.4 is 0 Å². The third kappa shape index (κ3) is 2.01. The molecule has 0 radical (unpaired) electrons. The molecule has 0 aromatic heterocycles. The SMILES string of the molecule is BC1C(OC)CC(C2OC2O)C(C)C1OC. The molecule has 0 amide bonds. The molecule has 1 aliphatic heterocycles. The van der Waals surface area contributed by atoms with Crippen molar-refractivity contribution >= 4 is 7.85 Å². The molecule has 1 saturated heterocycles. The summed E-state index contributed by atoms with van der Waals surface area (Å²) in [7, 11) is 5.65. The standard InChI is InChI=1S/C11H21BO4/c1-5-6(10-11(13)16-10)4-7(14-2)8(12)9(5)15-3/h5-11,13H,4,12H2,1-3H3. The molecular formula is C11H21BO4. The number of aliphatic hydroxyl groups is 1. The highest BCUT2D eigenvalue weighted by Crippen LogP contribution is 2.45. The van der Waals surface area contributed by atoms with Gasteiger partial charge in [-0.1, -0.05) is 6.92 Å². The van der Waals surface area contributed by atoms with E-state index < -0.39 is 6.29 Å². The first-order valence-electron chi connectivity index (χ1n) is 5.99. The first kappa shape index (κ1) is 12.4. The largest absolute Gasteiger partial charge is 0.382 e. The van der Waals surface area contributed by atoms with Crippen LogP contribution in [0.4, 0.5) is 0 Å². The van der Waals surface area contributed by atoms with E-state index in [-0.39, 0.29) is 18.3 Å². The van der Waals surface area contributed by atoms with E-state index in [9.17, 15) is 5.11 Å². The summed E-state index contributed by atoms with van der Waals surface area (Å²) in [6, 6.07) is 0. The summed E-state index contributed by atoms with van der Waals surface area (Å²) in [5, 5.41) is 9.38. The number of rotatable bonds is 3. The maximum absolute atomic E-state index is 9.38. The number of methoxy groups -OCH3 is 2. The van der Waals surface area contributed by atoms with Crippen LogP contribution in [0.25, 0.3) is 0 Å². The minimum absolute atomic E-state index is 0.0159. The zero-order valence-corrected chi connectivity index (χ0v) is 10.4. The third-order valence-corrected chi connectivity index (χ3v) is 4.30. The quantitative estimate of drug-likeness (QED) is 0.537. The Morgan fingerprint density at radius 2 is 1.94 bits per heavy atom. The average Bonchev–Trinajstić information content (AvgIpc) is 2.96. The van der Waals surface area contributed by atoms with Crippen LogP contribution in [0, 0.1) is 11.8 Å². The van der Waals surface area contributed by atoms with Gasteiger partial charge < -0.3 is 19.3 Å². The van der Waals surface area contributed by atoms with E-state index in [0.29, 0.717) is 17.7 Å². The summed E-state index contributed by atoms with van der Waals surface area (Å²) in [5.41, 5.74) is 0. The summed E-state index contributed by atoms with van der Waals surface area (Å²) in [6.07, 6.45) is 0.733. The molecule has 0 bridgehead atoms. The van der Waals surface area contributed by atoms with Crippen molar-refractivity contribution in [3.8, 4) is 0 Å². The second-order valence-corrected chi connectivity index (χ2v) is 5.08. The number of hydrogen-bond acceptors (Lipinski definition) is 4. The molecule has 92 valence electrons. The van der Waals surface area contributed by atoms with E-state index in [0.717, 1.165) is 6.42 Å². The van der Waals surface area contributed by atoms with Gasteiger partial charge in [0.25, 0.3) is 0 Å². The van der Waals surface area contributed by atoms with Crippen molar-refractivity contribution in [1.29, 1.82) is 0 Å². The van der Waals surface area contributed by atoms with Crippen molar-refractivity contribution in [3.05, 3.63) is 0 Å². The number of epoxide rings is 1. The second kappa shape index (κ2) is 4.65. The van der Waals surface area contributed by atoms with Crippen LogP contribution in [0.15, 0.2) is 0 Å². The highest BCUT2D eigenvalue weighted by atomic mass is 16.7. The predicted octanol–water partition coefficient (Wildman–Crippen LogP) is -0.189. The first-order valence-corrected chi connectivity index (χ1v) is 5.99. The van der Waals surface area contributed by atoms with E-state index in [1.165, 1.54) is 0 Å². The molecule has 1 heterocycles. The fraction of sp³-hybridized carbons (Fsp3) is 1.00. The van der Waals surface area contributed by atoms with Gasteiger partial charge in [-0.3, -0.25) is 0 Å². The van der Waals surface area contributed by atoms with E-state index in [1.54, 1.807) is 14.2 Å². The van der Waals surface area contributed by atoms with Crippen molar-refractivity contribution in [2.24, 2.45) is 11.8 Å². The van der Waals surface area contributed by atoms with Gasteiger partial charge in [0.15, 0.2) is 6.29 Å². The van der Waals surface area contributed by atoms with Crippen molar-refractivity contribution in [1.82, 2.24) is 0 Å². The van der Waals surface area contributed by atoms with Gasteiger partial charge in [-0.05, 0) is 24.1 Å². The molecule has 1 N–H and O–H groups in total. The Kier molecular flexibility index (Phi) is 3.59.